The Balaban J connectivity index is 0.00000193. The first kappa shape index (κ1) is 50.5. The number of nitrogens with one attached hydrogen (secondary N) is 4. The number of imidazole rings is 2. The fourth-order valence-electron chi connectivity index (χ4n) is 10.3. The molecule has 2 aromatic heterocycles. The molecule has 4 amide bonds. The lowest BCUT2D eigenvalue weighted by atomic mass is 9.96. The van der Waals surface area contributed by atoms with Crippen molar-refractivity contribution in [3.8, 4) is 22.4 Å². The van der Waals surface area contributed by atoms with Gasteiger partial charge in [0.2, 0.25) is 11.8 Å². The fraction of sp³-hybridized carbons (Fsp3) is 0.478. The topological polar surface area (TPSA) is 175 Å². The third kappa shape index (κ3) is 10.3. The first-order chi connectivity index (χ1) is 29.3. The van der Waals surface area contributed by atoms with Crippen LogP contribution in [-0.4, -0.2) is 93.1 Å². The molecule has 0 unspecified atom stereocenters. The molecule has 2 saturated carbocycles. The molecule has 3 aromatic carbocycles. The monoisotopic (exact) mass is 950 g/mol. The molecule has 2 saturated heterocycles. The molecule has 0 bridgehead atoms. The third-order valence-electron chi connectivity index (χ3n) is 13.5. The molecule has 14 nitrogen and oxygen atoms in total. The lowest BCUT2D eigenvalue weighted by Gasteiger charge is -2.31. The number of carbonyl (C=O) groups is 4. The molecule has 4 aliphatic rings. The number of ether oxygens (including phenoxy) is 2. The van der Waals surface area contributed by atoms with Crippen molar-refractivity contribution >= 4 is 99.8 Å². The Bertz CT molecular complexity index is 2420. The predicted molar refractivity (Wildman–Crippen MR) is 268 cm³/mol. The van der Waals surface area contributed by atoms with Crippen LogP contribution in [0.4, 0.5) is 9.59 Å². The van der Waals surface area contributed by atoms with Gasteiger partial charge >= 0.3 is 12.2 Å². The Morgan fingerprint density at radius 2 is 1.09 bits per heavy atom. The molecule has 9 rings (SSSR count). The van der Waals surface area contributed by atoms with Gasteiger partial charge in [0.15, 0.2) is 0 Å². The molecule has 64 heavy (non-hydrogen) atoms. The van der Waals surface area contributed by atoms with Gasteiger partial charge in [0, 0.05) is 18.7 Å². The van der Waals surface area contributed by atoms with E-state index >= 15 is 0 Å². The maximum Gasteiger partial charge on any atom is 0.407 e. The van der Waals surface area contributed by atoms with Crippen molar-refractivity contribution in [3.05, 3.63) is 72.4 Å². The van der Waals surface area contributed by atoms with Gasteiger partial charge in [-0.15, -0.1) is 0 Å². The number of aromatic amines is 2. The molecule has 4 atom stereocenters. The molecule has 2 aliphatic heterocycles. The highest BCUT2D eigenvalue weighted by molar-refractivity contribution is 7.59. The van der Waals surface area contributed by atoms with Crippen molar-refractivity contribution < 1.29 is 28.7 Å². The highest BCUT2D eigenvalue weighted by atomic mass is 32.1. The normalized spacial score (nSPS) is 19.5. The van der Waals surface area contributed by atoms with Crippen LogP contribution in [0.25, 0.3) is 44.2 Å². The van der Waals surface area contributed by atoms with Crippen LogP contribution in [0.1, 0.15) is 101 Å². The van der Waals surface area contributed by atoms with Gasteiger partial charge < -0.3 is 39.9 Å². The van der Waals surface area contributed by atoms with Gasteiger partial charge in [-0.1, -0.05) is 56.0 Å². The van der Waals surface area contributed by atoms with Crippen LogP contribution >= 0.6 is 54.0 Å². The van der Waals surface area contributed by atoms with Crippen LogP contribution in [0.5, 0.6) is 0 Å². The second kappa shape index (κ2) is 22.1. The zero-order valence-corrected chi connectivity index (χ0v) is 40.4. The van der Waals surface area contributed by atoms with E-state index in [1.165, 1.54) is 14.2 Å². The van der Waals surface area contributed by atoms with Gasteiger partial charge in [-0.05, 0) is 109 Å². The van der Waals surface area contributed by atoms with Gasteiger partial charge in [0.1, 0.15) is 23.7 Å². The number of amides is 4. The number of hydrogen-bond donors (Lipinski definition) is 4. The summed E-state index contributed by atoms with van der Waals surface area (Å²) < 4.78 is 9.77. The zero-order valence-electron chi connectivity index (χ0n) is 36.4. The van der Waals surface area contributed by atoms with Crippen LogP contribution in [0, 0.1) is 11.8 Å². The molecule has 5 aromatic rings. The van der Waals surface area contributed by atoms with Gasteiger partial charge in [-0.25, -0.2) is 19.6 Å². The van der Waals surface area contributed by atoms with Crippen molar-refractivity contribution in [3.63, 3.8) is 0 Å². The van der Waals surface area contributed by atoms with Gasteiger partial charge in [0.05, 0.1) is 49.2 Å². The molecule has 346 valence electrons. The Morgan fingerprint density at radius 1 is 0.609 bits per heavy atom. The standard InChI is InChI=1S/C46H54N8O6.4H2S/c1-59-45(57)51-39(27-9-3-4-10-27)43(55)53-21-7-13-37(53)41-47-26-36(50-41)33-18-17-29-23-30(15-16-31(29)24-33)32-19-20-34-35(25-32)49-42(48-34)38-14-8-22-54(38)44(56)40(52-46(58)60-2)28-11-5-6-12-28;;;;/h15-20,23-28,37-40H,3-14,21-22H2,1-2H3,(H,47,50)(H,48,49)(H,51,57)(H,52,58);4*1H2/t37-,38-,39-,40-;;;;/m0..../s1. The van der Waals surface area contributed by atoms with Crippen molar-refractivity contribution in [1.29, 1.82) is 0 Å². The summed E-state index contributed by atoms with van der Waals surface area (Å²) in [5.74, 6) is 1.61. The zero-order chi connectivity index (χ0) is 41.3. The molecular formula is C46H62N8O6S4. The van der Waals surface area contributed by atoms with E-state index < -0.39 is 24.3 Å². The number of alkyl carbamates (subject to hydrolysis) is 2. The highest BCUT2D eigenvalue weighted by Gasteiger charge is 2.42. The Hall–Kier alpha value is -4.52. The second-order valence-corrected chi connectivity index (χ2v) is 17.0. The van der Waals surface area contributed by atoms with Crippen molar-refractivity contribution in [2.75, 3.05) is 27.3 Å². The van der Waals surface area contributed by atoms with Crippen LogP contribution in [0.3, 0.4) is 0 Å². The highest BCUT2D eigenvalue weighted by Crippen LogP contribution is 2.38. The fourth-order valence-corrected chi connectivity index (χ4v) is 10.3. The smallest absolute Gasteiger partial charge is 0.407 e. The summed E-state index contributed by atoms with van der Waals surface area (Å²) in [6.45, 7) is 1.24. The maximum atomic E-state index is 14.0. The number of nitrogens with zero attached hydrogens (tertiary/aromatic N) is 4. The van der Waals surface area contributed by atoms with Crippen LogP contribution in [0.15, 0.2) is 60.8 Å². The number of methoxy groups -OCH3 is 2. The summed E-state index contributed by atoms with van der Waals surface area (Å²) >= 11 is 0. The lowest BCUT2D eigenvalue weighted by molar-refractivity contribution is -0.136. The summed E-state index contributed by atoms with van der Waals surface area (Å²) in [5, 5.41) is 7.89. The van der Waals surface area contributed by atoms with E-state index in [0.717, 1.165) is 133 Å². The van der Waals surface area contributed by atoms with Crippen LogP contribution in [-0.2, 0) is 19.1 Å². The van der Waals surface area contributed by atoms with E-state index in [2.05, 4.69) is 69.1 Å². The number of hydrogen-bond acceptors (Lipinski definition) is 8. The van der Waals surface area contributed by atoms with Crippen molar-refractivity contribution in [2.45, 2.75) is 101 Å². The number of carbonyl (C=O) groups excluding carboxylic acids is 4. The molecule has 4 heterocycles. The molecule has 4 N–H and O–H groups in total. The Kier molecular flexibility index (Phi) is 17.4. The predicted octanol–water partition coefficient (Wildman–Crippen LogP) is 8.38. The van der Waals surface area contributed by atoms with E-state index in [1.807, 2.05) is 22.1 Å². The van der Waals surface area contributed by atoms with Crippen LogP contribution < -0.4 is 10.6 Å². The van der Waals surface area contributed by atoms with E-state index in [0.29, 0.717) is 13.1 Å². The van der Waals surface area contributed by atoms with Crippen molar-refractivity contribution in [1.82, 2.24) is 40.4 Å². The summed E-state index contributed by atoms with van der Waals surface area (Å²) in [4.78, 5) is 73.0. The minimum Gasteiger partial charge on any atom is -0.453 e. The minimum atomic E-state index is -0.601. The van der Waals surface area contributed by atoms with Gasteiger partial charge in [-0.2, -0.15) is 54.0 Å². The second-order valence-electron chi connectivity index (χ2n) is 17.0. The van der Waals surface area contributed by atoms with Gasteiger partial charge in [-0.3, -0.25) is 9.59 Å². The van der Waals surface area contributed by atoms with E-state index in [1.54, 1.807) is 0 Å². The van der Waals surface area contributed by atoms with Gasteiger partial charge in [0.25, 0.3) is 0 Å². The molecule has 18 heteroatoms. The number of rotatable bonds is 10. The number of benzene rings is 3. The van der Waals surface area contributed by atoms with E-state index in [9.17, 15) is 19.2 Å². The number of likely N-dealkylation sites (tertiary alicyclic amines) is 2. The molecule has 0 spiro atoms. The molecular weight excluding hydrogens is 889 g/mol. The number of H-pyrrole nitrogens is 2. The first-order valence-corrected chi connectivity index (χ1v) is 21.7. The summed E-state index contributed by atoms with van der Waals surface area (Å²) in [7, 11) is 2.66. The quantitative estimate of drug-likeness (QED) is 0.108. The van der Waals surface area contributed by atoms with E-state index in [4.69, 9.17) is 19.4 Å². The van der Waals surface area contributed by atoms with Crippen molar-refractivity contribution in [2.24, 2.45) is 11.8 Å². The molecule has 2 aliphatic carbocycles. The minimum absolute atomic E-state index is 0. The average molecular weight is 951 g/mol. The number of aromatic nitrogens is 4. The average Bonchev–Trinajstić information content (AvgIpc) is 4.12. The largest absolute Gasteiger partial charge is 0.453 e. The van der Waals surface area contributed by atoms with Crippen LogP contribution in [0.2, 0.25) is 0 Å². The summed E-state index contributed by atoms with van der Waals surface area (Å²) in [6.07, 6.45) is 11.9. The lowest BCUT2D eigenvalue weighted by Crippen LogP contribution is -2.51. The Morgan fingerprint density at radius 3 is 1.64 bits per heavy atom. The first-order valence-electron chi connectivity index (χ1n) is 21.7. The summed E-state index contributed by atoms with van der Waals surface area (Å²) in [6, 6.07) is 17.5. The van der Waals surface area contributed by atoms with E-state index in [-0.39, 0.29) is 89.7 Å². The summed E-state index contributed by atoms with van der Waals surface area (Å²) in [5.41, 5.74) is 5.76. The Labute approximate surface area is 401 Å². The SMILES string of the molecule is COC(=O)N[C@H](C(=O)N1CCC[C@H]1c1ncc(-c2ccc3cc(-c4ccc5nc([C@@H]6CCCN6C(=O)[C@@H](NC(=O)OC)C6CCCC6)[nH]c5c4)ccc3c2)[nH]1)C1CCCC1.S.S.S.S. The molecule has 0 radical (unpaired) electrons. The molecule has 4 fully saturated rings. The maximum absolute atomic E-state index is 14.0. The third-order valence-corrected chi connectivity index (χ3v) is 13.5. The number of fused-ring (bicyclic) bond motifs is 2.